The zero-order valence-corrected chi connectivity index (χ0v) is 8.40. The average molecular weight is 193 g/mol. The van der Waals surface area contributed by atoms with Gasteiger partial charge < -0.3 is 10.4 Å². The van der Waals surface area contributed by atoms with E-state index in [1.165, 1.54) is 0 Å². The van der Waals surface area contributed by atoms with Gasteiger partial charge in [0.15, 0.2) is 0 Å². The molecule has 0 radical (unpaired) electrons. The number of benzene rings is 1. The van der Waals surface area contributed by atoms with Gasteiger partial charge in [-0.1, -0.05) is 37.3 Å². The van der Waals surface area contributed by atoms with Crippen molar-refractivity contribution in [1.82, 2.24) is 5.32 Å². The van der Waals surface area contributed by atoms with Crippen LogP contribution in [0.5, 0.6) is 0 Å². The summed E-state index contributed by atoms with van der Waals surface area (Å²) >= 11 is 0. The third kappa shape index (κ3) is 2.33. The predicted molar refractivity (Wildman–Crippen MR) is 55.3 cm³/mol. The lowest BCUT2D eigenvalue weighted by atomic mass is 9.93. The Labute approximate surface area is 83.8 Å². The minimum absolute atomic E-state index is 0.0290. The summed E-state index contributed by atoms with van der Waals surface area (Å²) in [5.74, 6) is -0.845. The van der Waals surface area contributed by atoms with E-state index in [4.69, 9.17) is 5.11 Å². The molecule has 14 heavy (non-hydrogen) atoms. The smallest absolute Gasteiger partial charge is 0.321 e. The van der Waals surface area contributed by atoms with Gasteiger partial charge in [0.1, 0.15) is 6.04 Å². The number of nitrogens with one attached hydrogen (secondary N) is 1. The molecule has 0 aliphatic carbocycles. The van der Waals surface area contributed by atoms with Crippen molar-refractivity contribution in [2.24, 2.45) is 0 Å². The minimum Gasteiger partial charge on any atom is -0.480 e. The standard InChI is InChI=1S/C11H15NO2/c1-8(10(12-2)11(13)14)9-6-4-3-5-7-9/h3-8,10,12H,1-2H3,(H,13,14). The van der Waals surface area contributed by atoms with Crippen molar-refractivity contribution in [2.45, 2.75) is 18.9 Å². The molecule has 1 aromatic rings. The van der Waals surface area contributed by atoms with Crippen LogP contribution in [0.3, 0.4) is 0 Å². The normalized spacial score (nSPS) is 14.7. The van der Waals surface area contributed by atoms with E-state index in [2.05, 4.69) is 5.32 Å². The van der Waals surface area contributed by atoms with E-state index >= 15 is 0 Å². The Morgan fingerprint density at radius 1 is 1.36 bits per heavy atom. The highest BCUT2D eigenvalue weighted by Crippen LogP contribution is 2.18. The SMILES string of the molecule is CNC(C(=O)O)C(C)c1ccccc1. The predicted octanol–water partition coefficient (Wildman–Crippen LogP) is 1.46. The first-order valence-corrected chi connectivity index (χ1v) is 4.62. The zero-order valence-electron chi connectivity index (χ0n) is 8.40. The van der Waals surface area contributed by atoms with Gasteiger partial charge in [-0.25, -0.2) is 0 Å². The molecule has 0 aliphatic rings. The number of carboxylic acid groups (broad SMARTS) is 1. The summed E-state index contributed by atoms with van der Waals surface area (Å²) in [5.41, 5.74) is 1.04. The monoisotopic (exact) mass is 193 g/mol. The Hall–Kier alpha value is -1.35. The Kier molecular flexibility index (Phi) is 3.65. The molecule has 3 nitrogen and oxygen atoms in total. The maximum atomic E-state index is 10.9. The molecule has 0 saturated heterocycles. The molecule has 0 bridgehead atoms. The van der Waals surface area contributed by atoms with Gasteiger partial charge in [-0.15, -0.1) is 0 Å². The van der Waals surface area contributed by atoms with Crippen molar-refractivity contribution in [3.05, 3.63) is 35.9 Å². The highest BCUT2D eigenvalue weighted by atomic mass is 16.4. The Balaban J connectivity index is 2.83. The summed E-state index contributed by atoms with van der Waals surface area (Å²) in [4.78, 5) is 10.9. The molecule has 0 aromatic heterocycles. The van der Waals surface area contributed by atoms with Crippen molar-refractivity contribution < 1.29 is 9.90 Å². The number of rotatable bonds is 4. The largest absolute Gasteiger partial charge is 0.480 e. The Morgan fingerprint density at radius 2 is 1.93 bits per heavy atom. The van der Waals surface area contributed by atoms with Crippen LogP contribution >= 0.6 is 0 Å². The van der Waals surface area contributed by atoms with E-state index < -0.39 is 12.0 Å². The lowest BCUT2D eigenvalue weighted by molar-refractivity contribution is -0.139. The number of carbonyl (C=O) groups is 1. The topological polar surface area (TPSA) is 49.3 Å². The van der Waals surface area contributed by atoms with Crippen molar-refractivity contribution in [3.8, 4) is 0 Å². The maximum absolute atomic E-state index is 10.9. The van der Waals surface area contributed by atoms with Crippen molar-refractivity contribution >= 4 is 5.97 Å². The molecule has 1 rings (SSSR count). The molecule has 0 amide bonds. The van der Waals surface area contributed by atoms with Crippen LogP contribution in [0.4, 0.5) is 0 Å². The lowest BCUT2D eigenvalue weighted by Crippen LogP contribution is -2.38. The fraction of sp³-hybridized carbons (Fsp3) is 0.364. The van der Waals surface area contributed by atoms with E-state index in [9.17, 15) is 4.79 Å². The number of carboxylic acids is 1. The zero-order chi connectivity index (χ0) is 10.6. The van der Waals surface area contributed by atoms with Gasteiger partial charge in [-0.3, -0.25) is 4.79 Å². The van der Waals surface area contributed by atoms with Crippen LogP contribution in [0.1, 0.15) is 18.4 Å². The van der Waals surface area contributed by atoms with Crippen LogP contribution in [0.2, 0.25) is 0 Å². The summed E-state index contributed by atoms with van der Waals surface area (Å²) in [6, 6.07) is 9.11. The summed E-state index contributed by atoms with van der Waals surface area (Å²) < 4.78 is 0. The highest BCUT2D eigenvalue weighted by Gasteiger charge is 2.23. The number of hydrogen-bond acceptors (Lipinski definition) is 2. The van der Waals surface area contributed by atoms with Crippen LogP contribution < -0.4 is 5.32 Å². The van der Waals surface area contributed by atoms with Gasteiger partial charge in [0, 0.05) is 5.92 Å². The van der Waals surface area contributed by atoms with Crippen LogP contribution in [-0.4, -0.2) is 24.2 Å². The van der Waals surface area contributed by atoms with Gasteiger partial charge in [-0.05, 0) is 12.6 Å². The summed E-state index contributed by atoms with van der Waals surface area (Å²) in [6.07, 6.45) is 0. The second kappa shape index (κ2) is 4.77. The van der Waals surface area contributed by atoms with E-state index in [1.54, 1.807) is 7.05 Å². The first-order chi connectivity index (χ1) is 6.66. The Bertz CT molecular complexity index is 297. The first-order valence-electron chi connectivity index (χ1n) is 4.62. The second-order valence-corrected chi connectivity index (χ2v) is 3.30. The van der Waals surface area contributed by atoms with Crippen LogP contribution in [0, 0.1) is 0 Å². The molecule has 2 N–H and O–H groups in total. The van der Waals surface area contributed by atoms with Crippen molar-refractivity contribution in [2.75, 3.05) is 7.05 Å². The molecule has 0 fully saturated rings. The molecule has 76 valence electrons. The average Bonchev–Trinajstić information content (AvgIpc) is 2.19. The van der Waals surface area contributed by atoms with Crippen LogP contribution in [0.25, 0.3) is 0 Å². The van der Waals surface area contributed by atoms with Gasteiger partial charge >= 0.3 is 5.97 Å². The summed E-state index contributed by atoms with van der Waals surface area (Å²) in [7, 11) is 1.66. The van der Waals surface area contributed by atoms with E-state index in [1.807, 2.05) is 37.3 Å². The Morgan fingerprint density at radius 3 is 2.36 bits per heavy atom. The number of hydrogen-bond donors (Lipinski definition) is 2. The third-order valence-electron chi connectivity index (χ3n) is 2.40. The fourth-order valence-electron chi connectivity index (χ4n) is 1.54. The van der Waals surface area contributed by atoms with Crippen LogP contribution in [0.15, 0.2) is 30.3 Å². The maximum Gasteiger partial charge on any atom is 0.321 e. The van der Waals surface area contributed by atoms with Crippen LogP contribution in [-0.2, 0) is 4.79 Å². The molecule has 0 heterocycles. The minimum atomic E-state index is -0.816. The fourth-order valence-corrected chi connectivity index (χ4v) is 1.54. The van der Waals surface area contributed by atoms with Gasteiger partial charge in [0.25, 0.3) is 0 Å². The molecule has 2 unspecified atom stereocenters. The molecular formula is C11H15NO2. The van der Waals surface area contributed by atoms with Gasteiger partial charge in [0.05, 0.1) is 0 Å². The lowest BCUT2D eigenvalue weighted by Gasteiger charge is -2.19. The number of aliphatic carboxylic acids is 1. The van der Waals surface area contributed by atoms with Gasteiger partial charge in [0.2, 0.25) is 0 Å². The number of likely N-dealkylation sites (N-methyl/N-ethyl adjacent to an activating group) is 1. The summed E-state index contributed by atoms with van der Waals surface area (Å²) in [6.45, 7) is 1.91. The van der Waals surface area contributed by atoms with Crippen molar-refractivity contribution in [1.29, 1.82) is 0 Å². The first kappa shape index (κ1) is 10.7. The molecule has 1 aromatic carbocycles. The van der Waals surface area contributed by atoms with E-state index in [-0.39, 0.29) is 5.92 Å². The van der Waals surface area contributed by atoms with E-state index in [0.717, 1.165) is 5.56 Å². The molecule has 0 spiro atoms. The molecular weight excluding hydrogens is 178 g/mol. The highest BCUT2D eigenvalue weighted by molar-refractivity contribution is 5.74. The molecule has 3 heteroatoms. The molecule has 0 saturated carbocycles. The van der Waals surface area contributed by atoms with E-state index in [0.29, 0.717) is 0 Å². The quantitative estimate of drug-likeness (QED) is 0.761. The second-order valence-electron chi connectivity index (χ2n) is 3.30. The molecule has 0 aliphatic heterocycles. The third-order valence-corrected chi connectivity index (χ3v) is 2.40. The van der Waals surface area contributed by atoms with Crippen molar-refractivity contribution in [3.63, 3.8) is 0 Å². The van der Waals surface area contributed by atoms with Gasteiger partial charge in [-0.2, -0.15) is 0 Å². The summed E-state index contributed by atoms with van der Waals surface area (Å²) in [5, 5.41) is 11.7. The molecule has 2 atom stereocenters.